The quantitative estimate of drug-likeness (QED) is 0.0356. The Bertz CT molecular complexity index is 942. The van der Waals surface area contributed by atoms with E-state index in [-0.39, 0.29) is 19.2 Å². The second kappa shape index (κ2) is 53.5. The summed E-state index contributed by atoms with van der Waals surface area (Å²) in [6.45, 7) is 4.84. The Morgan fingerprint density at radius 2 is 0.594 bits per heavy atom. The van der Waals surface area contributed by atoms with Gasteiger partial charge in [-0.3, -0.25) is 9.32 Å². The van der Waals surface area contributed by atoms with Gasteiger partial charge in [-0.25, -0.2) is 4.57 Å². The first-order valence-corrected chi connectivity index (χ1v) is 30.4. The van der Waals surface area contributed by atoms with Crippen LogP contribution in [-0.4, -0.2) is 41.7 Å². The molecule has 0 aliphatic rings. The molecule has 0 amide bonds. The number of carbonyl (C=O) groups excluding carboxylic acids is 1. The van der Waals surface area contributed by atoms with E-state index in [2.05, 4.69) is 18.4 Å². The molecule has 0 radical (unpaired) electrons. The van der Waals surface area contributed by atoms with Crippen LogP contribution < -0.4 is 0 Å². The molecule has 0 aromatic rings. The molecule has 64 heavy (non-hydrogen) atoms. The first-order valence-electron chi connectivity index (χ1n) is 28.9. The van der Waals surface area contributed by atoms with E-state index >= 15 is 0 Å². The number of hydrogen-bond acceptors (Lipinski definition) is 5. The second-order valence-electron chi connectivity index (χ2n) is 20.0. The largest absolute Gasteiger partial charge is 0.469 e. The molecule has 0 spiro atoms. The van der Waals surface area contributed by atoms with Gasteiger partial charge in [0.1, 0.15) is 6.10 Å². The molecule has 0 rings (SSSR count). The number of unbranched alkanes of at least 4 members (excludes halogenated alkanes) is 46. The van der Waals surface area contributed by atoms with E-state index in [0.717, 1.165) is 32.1 Å². The van der Waals surface area contributed by atoms with Crippen LogP contribution in [0.1, 0.15) is 328 Å². The van der Waals surface area contributed by atoms with Crippen molar-refractivity contribution in [3.05, 3.63) is 0 Å². The van der Waals surface area contributed by atoms with Gasteiger partial charge < -0.3 is 19.3 Å². The molecule has 0 fully saturated rings. The fraction of sp³-hybridized carbons (Fsp3) is 0.982. The number of hydrogen-bond donors (Lipinski definition) is 2. The van der Waals surface area contributed by atoms with Crippen LogP contribution in [0.4, 0.5) is 0 Å². The van der Waals surface area contributed by atoms with Gasteiger partial charge in [-0.2, -0.15) is 0 Å². The molecular weight excluding hydrogens is 816 g/mol. The Hall–Kier alpha value is -0.460. The molecule has 0 saturated heterocycles. The summed E-state index contributed by atoms with van der Waals surface area (Å²) in [4.78, 5) is 30.8. The molecule has 0 heterocycles. The normalized spacial score (nSPS) is 12.4. The van der Waals surface area contributed by atoms with Crippen LogP contribution in [0.25, 0.3) is 0 Å². The van der Waals surface area contributed by atoms with Crippen molar-refractivity contribution < 1.29 is 33.1 Å². The highest BCUT2D eigenvalue weighted by molar-refractivity contribution is 7.46. The van der Waals surface area contributed by atoms with Crippen molar-refractivity contribution in [1.82, 2.24) is 0 Å². The minimum Gasteiger partial charge on any atom is -0.457 e. The minimum atomic E-state index is -4.65. The Morgan fingerprint density at radius 1 is 0.359 bits per heavy atom. The van der Waals surface area contributed by atoms with Crippen molar-refractivity contribution in [2.24, 2.45) is 0 Å². The van der Waals surface area contributed by atoms with Crippen LogP contribution >= 0.6 is 7.82 Å². The molecule has 0 aromatic heterocycles. The third-order valence-corrected chi connectivity index (χ3v) is 13.9. The lowest BCUT2D eigenvalue weighted by atomic mass is 10.0. The molecular formula is C56H113O7P. The summed E-state index contributed by atoms with van der Waals surface area (Å²) in [7, 11) is -4.65. The molecule has 2 N–H and O–H groups in total. The van der Waals surface area contributed by atoms with Crippen molar-refractivity contribution in [3.63, 3.8) is 0 Å². The maximum atomic E-state index is 12.5. The van der Waals surface area contributed by atoms with E-state index in [9.17, 15) is 9.36 Å². The summed E-state index contributed by atoms with van der Waals surface area (Å²) >= 11 is 0. The fourth-order valence-corrected chi connectivity index (χ4v) is 9.51. The molecule has 8 heteroatoms. The third kappa shape index (κ3) is 55.9. The van der Waals surface area contributed by atoms with E-state index in [1.54, 1.807) is 0 Å². The van der Waals surface area contributed by atoms with Crippen LogP contribution in [0, 0.1) is 0 Å². The van der Waals surface area contributed by atoms with Gasteiger partial charge >= 0.3 is 13.8 Å². The highest BCUT2D eigenvalue weighted by Crippen LogP contribution is 2.36. The summed E-state index contributed by atoms with van der Waals surface area (Å²) in [6.07, 6.45) is 64.4. The van der Waals surface area contributed by atoms with Gasteiger partial charge in [-0.05, 0) is 12.8 Å². The van der Waals surface area contributed by atoms with Crippen molar-refractivity contribution in [3.8, 4) is 0 Å². The van der Waals surface area contributed by atoms with Gasteiger partial charge in [0.05, 0.1) is 13.2 Å². The number of rotatable bonds is 56. The third-order valence-electron chi connectivity index (χ3n) is 13.4. The van der Waals surface area contributed by atoms with Crippen LogP contribution in [-0.2, 0) is 23.4 Å². The van der Waals surface area contributed by atoms with Gasteiger partial charge in [0.25, 0.3) is 0 Å². The highest BCUT2D eigenvalue weighted by Gasteiger charge is 2.21. The summed E-state index contributed by atoms with van der Waals surface area (Å²) in [6, 6.07) is 0. The number of ether oxygens (including phenoxy) is 2. The Morgan fingerprint density at radius 3 is 0.844 bits per heavy atom. The number of carbonyl (C=O) groups is 1. The van der Waals surface area contributed by atoms with Crippen LogP contribution in [0.15, 0.2) is 0 Å². The maximum Gasteiger partial charge on any atom is 0.469 e. The zero-order chi connectivity index (χ0) is 46.5. The van der Waals surface area contributed by atoms with Crippen LogP contribution in [0.5, 0.6) is 0 Å². The van der Waals surface area contributed by atoms with Gasteiger partial charge in [0.15, 0.2) is 0 Å². The van der Waals surface area contributed by atoms with Gasteiger partial charge in [-0.15, -0.1) is 0 Å². The van der Waals surface area contributed by atoms with Crippen LogP contribution in [0.3, 0.4) is 0 Å². The SMILES string of the molecule is CCCCCCCCCCCCCCCCCCCCCCCCCCCCCCCCCCC(=O)O[C@H](COCCCCCCCCCCCCCCCCCC)COP(=O)(O)O. The van der Waals surface area contributed by atoms with Crippen molar-refractivity contribution in [2.45, 2.75) is 335 Å². The molecule has 384 valence electrons. The zero-order valence-electron chi connectivity index (χ0n) is 43.2. The molecule has 0 bridgehead atoms. The average molecular weight is 929 g/mol. The number of esters is 1. The predicted octanol–water partition coefficient (Wildman–Crippen LogP) is 19.2. The van der Waals surface area contributed by atoms with E-state index < -0.39 is 13.9 Å². The number of phosphoric acid groups is 1. The average Bonchev–Trinajstić information content (AvgIpc) is 3.27. The van der Waals surface area contributed by atoms with Gasteiger partial charge in [0, 0.05) is 13.0 Å². The summed E-state index contributed by atoms with van der Waals surface area (Å²) in [5, 5.41) is 0. The lowest BCUT2D eigenvalue weighted by molar-refractivity contribution is -0.154. The van der Waals surface area contributed by atoms with Crippen molar-refractivity contribution >= 4 is 13.8 Å². The summed E-state index contributed by atoms with van der Waals surface area (Å²) in [5.41, 5.74) is 0. The molecule has 7 nitrogen and oxygen atoms in total. The lowest BCUT2D eigenvalue weighted by Gasteiger charge is -2.18. The molecule has 1 atom stereocenters. The fourth-order valence-electron chi connectivity index (χ4n) is 9.15. The first-order chi connectivity index (χ1) is 31.4. The molecule has 0 aliphatic heterocycles. The van der Waals surface area contributed by atoms with E-state index in [1.165, 1.54) is 276 Å². The smallest absolute Gasteiger partial charge is 0.457 e. The van der Waals surface area contributed by atoms with Crippen molar-refractivity contribution in [1.29, 1.82) is 0 Å². The second-order valence-corrected chi connectivity index (χ2v) is 21.2. The Balaban J connectivity index is 3.55. The lowest BCUT2D eigenvalue weighted by Crippen LogP contribution is -2.28. The topological polar surface area (TPSA) is 102 Å². The molecule has 0 aromatic carbocycles. The molecule has 0 saturated carbocycles. The van der Waals surface area contributed by atoms with Gasteiger partial charge in [-0.1, -0.05) is 309 Å². The van der Waals surface area contributed by atoms with Crippen molar-refractivity contribution in [2.75, 3.05) is 19.8 Å². The van der Waals surface area contributed by atoms with Crippen LogP contribution in [0.2, 0.25) is 0 Å². The summed E-state index contributed by atoms with van der Waals surface area (Å²) in [5.74, 6) is -0.351. The monoisotopic (exact) mass is 929 g/mol. The minimum absolute atomic E-state index is 0.0874. The van der Waals surface area contributed by atoms with E-state index in [4.69, 9.17) is 19.3 Å². The number of phosphoric ester groups is 1. The van der Waals surface area contributed by atoms with Gasteiger partial charge in [0.2, 0.25) is 0 Å². The maximum absolute atomic E-state index is 12.5. The molecule has 0 aliphatic carbocycles. The predicted molar refractivity (Wildman–Crippen MR) is 276 cm³/mol. The Kier molecular flexibility index (Phi) is 53.1. The zero-order valence-corrected chi connectivity index (χ0v) is 44.1. The highest BCUT2D eigenvalue weighted by atomic mass is 31.2. The first kappa shape index (κ1) is 63.5. The molecule has 0 unspecified atom stereocenters. The Labute approximate surface area is 399 Å². The van der Waals surface area contributed by atoms with E-state index in [0.29, 0.717) is 13.0 Å². The summed E-state index contributed by atoms with van der Waals surface area (Å²) < 4.78 is 27.2. The standard InChI is InChI=1S/C56H113O7P/c1-3-5-7-9-11-13-15-17-19-21-22-23-24-25-26-27-28-29-30-31-32-33-34-35-36-37-39-41-43-45-47-49-51-56(57)63-55(54-62-64(58,59)60)53-61-52-50-48-46-44-42-40-38-20-18-16-14-12-10-8-6-4-2/h55H,3-54H2,1-2H3,(H2,58,59,60)/t55-/m1/s1. The van der Waals surface area contributed by atoms with E-state index in [1.807, 2.05) is 0 Å².